The van der Waals surface area contributed by atoms with Gasteiger partial charge >= 0.3 is 0 Å². The number of anilines is 1. The summed E-state index contributed by atoms with van der Waals surface area (Å²) >= 11 is 0. The molecule has 1 aliphatic heterocycles. The number of nitrogens with zero attached hydrogens (tertiary/aromatic N) is 3. The maximum absolute atomic E-state index is 12.2. The van der Waals surface area contributed by atoms with E-state index in [-0.39, 0.29) is 17.8 Å². The van der Waals surface area contributed by atoms with Crippen LogP contribution in [-0.4, -0.2) is 38.5 Å². The van der Waals surface area contributed by atoms with Crippen LogP contribution in [0.3, 0.4) is 0 Å². The molecule has 1 unspecified atom stereocenters. The quantitative estimate of drug-likeness (QED) is 0.439. The number of nitrogens with one attached hydrogen (secondary N) is 2. The number of rotatable bonds is 5. The summed E-state index contributed by atoms with van der Waals surface area (Å²) in [4.78, 5) is 28.7. The van der Waals surface area contributed by atoms with Crippen LogP contribution in [0.5, 0.6) is 5.75 Å². The van der Waals surface area contributed by atoms with Gasteiger partial charge in [-0.3, -0.25) is 4.79 Å². The van der Waals surface area contributed by atoms with Gasteiger partial charge in [-0.2, -0.15) is 0 Å². The molecular formula is C25H24N6O2. The first-order valence-corrected chi connectivity index (χ1v) is 11.2. The van der Waals surface area contributed by atoms with E-state index in [1.165, 1.54) is 0 Å². The molecule has 166 valence electrons. The van der Waals surface area contributed by atoms with Crippen molar-refractivity contribution in [2.24, 2.45) is 0 Å². The molecule has 1 amide bonds. The topological polar surface area (TPSA) is 119 Å². The number of benzene rings is 2. The second-order valence-corrected chi connectivity index (χ2v) is 8.83. The van der Waals surface area contributed by atoms with Gasteiger partial charge in [0.1, 0.15) is 11.6 Å². The van der Waals surface area contributed by atoms with Crippen molar-refractivity contribution in [3.8, 4) is 17.0 Å². The zero-order valence-electron chi connectivity index (χ0n) is 18.0. The number of aromatic amines is 1. The van der Waals surface area contributed by atoms with Gasteiger partial charge in [0.05, 0.1) is 35.7 Å². The summed E-state index contributed by atoms with van der Waals surface area (Å²) in [7, 11) is 0. The molecule has 2 aromatic carbocycles. The third-order valence-electron chi connectivity index (χ3n) is 6.20. The molecule has 1 fully saturated rings. The number of H-pyrrole nitrogens is 1. The number of fused-ring (bicyclic) bond motifs is 2. The highest BCUT2D eigenvalue weighted by Gasteiger charge is 2.26. The van der Waals surface area contributed by atoms with Gasteiger partial charge in [-0.15, -0.1) is 0 Å². The highest BCUT2D eigenvalue weighted by Crippen LogP contribution is 2.33. The van der Waals surface area contributed by atoms with Gasteiger partial charge in [-0.05, 0) is 54.7 Å². The molecule has 8 heteroatoms. The molecule has 0 spiro atoms. The van der Waals surface area contributed by atoms with Gasteiger partial charge in [0.2, 0.25) is 11.9 Å². The van der Waals surface area contributed by atoms with E-state index in [2.05, 4.69) is 26.3 Å². The summed E-state index contributed by atoms with van der Waals surface area (Å²) < 4.78 is 6.04. The van der Waals surface area contributed by atoms with Crippen molar-refractivity contribution in [3.05, 3.63) is 65.6 Å². The molecule has 2 aromatic heterocycles. The van der Waals surface area contributed by atoms with E-state index in [1.807, 2.05) is 36.4 Å². The summed E-state index contributed by atoms with van der Waals surface area (Å²) in [6.45, 7) is 0.559. The molecule has 1 atom stereocenters. The molecule has 0 saturated heterocycles. The van der Waals surface area contributed by atoms with Gasteiger partial charge in [0, 0.05) is 17.8 Å². The standard InChI is InChI=1S/C25H24N6O2/c26-25-27-8-7-19(31-25)15-2-5-20-21(12-15)30-24(29-20)17-11-16-9-14(1-6-22(16)33-13-17)10-23(32)28-18-3-4-18/h1-2,5-9,12,17-18H,3-4,10-11,13H2,(H,28,32)(H,29,30)(H2,26,27,31). The Kier molecular flexibility index (Phi) is 4.71. The number of nitrogen functional groups attached to an aromatic ring is 1. The van der Waals surface area contributed by atoms with Crippen LogP contribution < -0.4 is 15.8 Å². The lowest BCUT2D eigenvalue weighted by Gasteiger charge is -2.24. The van der Waals surface area contributed by atoms with Crippen LogP contribution in [0.2, 0.25) is 0 Å². The number of hydrogen-bond donors (Lipinski definition) is 3. The minimum Gasteiger partial charge on any atom is -0.493 e. The average Bonchev–Trinajstić information content (AvgIpc) is 3.52. The molecule has 2 aliphatic rings. The maximum atomic E-state index is 12.2. The van der Waals surface area contributed by atoms with Crippen molar-refractivity contribution in [1.82, 2.24) is 25.3 Å². The van der Waals surface area contributed by atoms with Gasteiger partial charge < -0.3 is 20.8 Å². The first-order chi connectivity index (χ1) is 16.1. The number of amides is 1. The van der Waals surface area contributed by atoms with E-state index < -0.39 is 0 Å². The molecule has 0 bridgehead atoms. The Bertz CT molecular complexity index is 1360. The number of imidazole rings is 1. The minimum atomic E-state index is 0.0873. The maximum Gasteiger partial charge on any atom is 0.224 e. The number of nitrogens with two attached hydrogens (primary N) is 1. The number of hydrogen-bond acceptors (Lipinski definition) is 6. The molecule has 1 saturated carbocycles. The van der Waals surface area contributed by atoms with Crippen LogP contribution in [-0.2, 0) is 17.6 Å². The van der Waals surface area contributed by atoms with E-state index in [4.69, 9.17) is 15.5 Å². The molecule has 3 heterocycles. The van der Waals surface area contributed by atoms with Gasteiger partial charge in [-0.1, -0.05) is 18.2 Å². The van der Waals surface area contributed by atoms with Crippen LogP contribution in [0.4, 0.5) is 5.95 Å². The highest BCUT2D eigenvalue weighted by molar-refractivity contribution is 5.81. The van der Waals surface area contributed by atoms with Crippen molar-refractivity contribution >= 4 is 22.9 Å². The van der Waals surface area contributed by atoms with Crippen LogP contribution in [0, 0.1) is 0 Å². The Morgan fingerprint density at radius 1 is 1.15 bits per heavy atom. The van der Waals surface area contributed by atoms with E-state index in [0.29, 0.717) is 19.1 Å². The van der Waals surface area contributed by atoms with E-state index in [9.17, 15) is 4.79 Å². The molecule has 4 N–H and O–H groups in total. The fraction of sp³-hybridized carbons (Fsp3) is 0.280. The van der Waals surface area contributed by atoms with E-state index in [0.717, 1.165) is 64.3 Å². The molecule has 4 aromatic rings. The molecule has 0 radical (unpaired) electrons. The Balaban J connectivity index is 1.22. The summed E-state index contributed by atoms with van der Waals surface area (Å²) in [5, 5.41) is 3.05. The van der Waals surface area contributed by atoms with E-state index >= 15 is 0 Å². The monoisotopic (exact) mass is 440 g/mol. The zero-order chi connectivity index (χ0) is 22.4. The highest BCUT2D eigenvalue weighted by atomic mass is 16.5. The van der Waals surface area contributed by atoms with Crippen molar-refractivity contribution in [2.45, 2.75) is 37.6 Å². The Morgan fingerprint density at radius 3 is 2.91 bits per heavy atom. The molecule has 1 aliphatic carbocycles. The molecule has 8 nitrogen and oxygen atoms in total. The van der Waals surface area contributed by atoms with Crippen LogP contribution in [0.25, 0.3) is 22.3 Å². The fourth-order valence-electron chi connectivity index (χ4n) is 4.34. The van der Waals surface area contributed by atoms with Gasteiger partial charge in [0.25, 0.3) is 0 Å². The zero-order valence-corrected chi connectivity index (χ0v) is 18.0. The van der Waals surface area contributed by atoms with Gasteiger partial charge in [-0.25, -0.2) is 15.0 Å². The lowest BCUT2D eigenvalue weighted by molar-refractivity contribution is -0.120. The van der Waals surface area contributed by atoms with Crippen LogP contribution in [0.15, 0.2) is 48.7 Å². The fourth-order valence-corrected chi connectivity index (χ4v) is 4.34. The second kappa shape index (κ2) is 7.88. The minimum absolute atomic E-state index is 0.0873. The van der Waals surface area contributed by atoms with Crippen molar-refractivity contribution in [3.63, 3.8) is 0 Å². The Labute approximate surface area is 190 Å². The van der Waals surface area contributed by atoms with Crippen LogP contribution >= 0.6 is 0 Å². The lowest BCUT2D eigenvalue weighted by Crippen LogP contribution is -2.27. The second-order valence-electron chi connectivity index (χ2n) is 8.83. The largest absolute Gasteiger partial charge is 0.493 e. The lowest BCUT2D eigenvalue weighted by atomic mass is 9.94. The van der Waals surface area contributed by atoms with E-state index in [1.54, 1.807) is 6.20 Å². The normalized spacial score (nSPS) is 17.4. The number of carbonyl (C=O) groups excluding carboxylic acids is 1. The third-order valence-corrected chi connectivity index (χ3v) is 6.20. The number of aromatic nitrogens is 4. The average molecular weight is 441 g/mol. The Morgan fingerprint density at radius 2 is 2.06 bits per heavy atom. The summed E-state index contributed by atoms with van der Waals surface area (Å²) in [5.41, 5.74) is 11.4. The molecular weight excluding hydrogens is 416 g/mol. The Hall–Kier alpha value is -3.94. The van der Waals surface area contributed by atoms with Crippen molar-refractivity contribution in [1.29, 1.82) is 0 Å². The number of ether oxygens (including phenoxy) is 1. The van der Waals surface area contributed by atoms with Crippen LogP contribution in [0.1, 0.15) is 35.7 Å². The molecule has 33 heavy (non-hydrogen) atoms. The molecule has 6 rings (SSSR count). The SMILES string of the molecule is Nc1nccc(-c2ccc3nc(C4COc5ccc(CC(=O)NC6CC6)cc5C4)[nH]c3c2)n1. The predicted molar refractivity (Wildman–Crippen MR) is 125 cm³/mol. The summed E-state index contributed by atoms with van der Waals surface area (Å²) in [6, 6.07) is 14.3. The predicted octanol–water partition coefficient (Wildman–Crippen LogP) is 3.14. The third kappa shape index (κ3) is 4.11. The number of carbonyl (C=O) groups is 1. The first kappa shape index (κ1) is 19.7. The van der Waals surface area contributed by atoms with Gasteiger partial charge in [0.15, 0.2) is 0 Å². The van der Waals surface area contributed by atoms with Crippen molar-refractivity contribution < 1.29 is 9.53 Å². The first-order valence-electron chi connectivity index (χ1n) is 11.2. The smallest absolute Gasteiger partial charge is 0.224 e. The van der Waals surface area contributed by atoms with Crippen molar-refractivity contribution in [2.75, 3.05) is 12.3 Å². The summed E-state index contributed by atoms with van der Waals surface area (Å²) in [6.07, 6.45) is 5.05. The summed E-state index contributed by atoms with van der Waals surface area (Å²) in [5.74, 6) is 2.23.